The summed E-state index contributed by atoms with van der Waals surface area (Å²) in [6.45, 7) is 13.8. The number of amides is 1. The van der Waals surface area contributed by atoms with E-state index in [1.54, 1.807) is 33.3 Å². The number of rotatable bonds is 9. The maximum atomic E-state index is 13.3. The molecule has 0 radical (unpaired) electrons. The molecule has 3 heterocycles. The fourth-order valence-electron chi connectivity index (χ4n) is 4.72. The molecule has 3 aliphatic heterocycles. The van der Waals surface area contributed by atoms with Gasteiger partial charge in [0.05, 0.1) is 42.3 Å². The fraction of sp³-hybridized carbons (Fsp3) is 0.500. The summed E-state index contributed by atoms with van der Waals surface area (Å²) in [6.07, 6.45) is 7.30. The molecule has 4 atom stereocenters. The number of methoxy groups -OCH3 is 2. The summed E-state index contributed by atoms with van der Waals surface area (Å²) in [5.41, 5.74) is 6.12. The Balaban J connectivity index is 2.07. The molecule has 35 heavy (non-hydrogen) atoms. The number of hydrogen-bond donors (Lipinski definition) is 1. The number of halogens is 2. The Morgan fingerprint density at radius 2 is 2.00 bits per heavy atom. The van der Waals surface area contributed by atoms with E-state index in [1.807, 2.05) is 49.8 Å². The van der Waals surface area contributed by atoms with Crippen molar-refractivity contribution in [2.75, 3.05) is 20.8 Å². The number of nitrogens with one attached hydrogen (secondary N) is 1. The predicted octanol–water partition coefficient (Wildman–Crippen LogP) is 5.09. The summed E-state index contributed by atoms with van der Waals surface area (Å²) in [5, 5.41) is 2.89. The van der Waals surface area contributed by atoms with Crippen molar-refractivity contribution in [2.45, 2.75) is 65.0 Å². The van der Waals surface area contributed by atoms with E-state index in [4.69, 9.17) is 37.4 Å². The molecule has 1 amide bonds. The minimum absolute atomic E-state index is 0.0120. The monoisotopic (exact) mass is 523 g/mol. The van der Waals surface area contributed by atoms with Crippen LogP contribution in [-0.4, -0.2) is 60.6 Å². The maximum Gasteiger partial charge on any atom is 0.229 e. The van der Waals surface area contributed by atoms with Crippen molar-refractivity contribution in [1.82, 2.24) is 15.3 Å². The Bertz CT molecular complexity index is 1040. The lowest BCUT2D eigenvalue weighted by atomic mass is 9.90. The Morgan fingerprint density at radius 1 is 1.34 bits per heavy atom. The quantitative estimate of drug-likeness (QED) is 0.258. The molecule has 9 heteroatoms. The van der Waals surface area contributed by atoms with Crippen LogP contribution in [0.25, 0.3) is 0 Å². The molecule has 3 rings (SSSR count). The normalized spacial score (nSPS) is 28.9. The topological polar surface area (TPSA) is 66.6 Å². The minimum atomic E-state index is -0.767. The minimum Gasteiger partial charge on any atom is -0.501 e. The van der Waals surface area contributed by atoms with Gasteiger partial charge in [0.2, 0.25) is 11.6 Å². The SMILES string of the molecule is C=CC(Cl)=C(C=C(C)Cl)N1NC2CC(=O)N(CC(=CC(C)OC)C=C(C)OC)C(C)=C2C12OC2C. The van der Waals surface area contributed by atoms with E-state index in [1.165, 1.54) is 0 Å². The van der Waals surface area contributed by atoms with Crippen LogP contribution in [0.3, 0.4) is 0 Å². The molecule has 0 aromatic rings. The summed E-state index contributed by atoms with van der Waals surface area (Å²) in [4.78, 5) is 15.2. The lowest BCUT2D eigenvalue weighted by Crippen LogP contribution is -2.43. The lowest BCUT2D eigenvalue weighted by molar-refractivity contribution is -0.130. The average molecular weight is 524 g/mol. The second-order valence-electron chi connectivity index (χ2n) is 8.97. The lowest BCUT2D eigenvalue weighted by Gasteiger charge is -2.33. The van der Waals surface area contributed by atoms with Crippen LogP contribution < -0.4 is 5.43 Å². The van der Waals surface area contributed by atoms with E-state index in [9.17, 15) is 4.79 Å². The van der Waals surface area contributed by atoms with Gasteiger partial charge in [0.1, 0.15) is 6.10 Å². The van der Waals surface area contributed by atoms with Crippen LogP contribution in [0.4, 0.5) is 0 Å². The van der Waals surface area contributed by atoms with E-state index in [-0.39, 0.29) is 30.6 Å². The third-order valence-electron chi connectivity index (χ3n) is 6.55. The molecule has 7 nitrogen and oxygen atoms in total. The van der Waals surface area contributed by atoms with Gasteiger partial charge in [-0.15, -0.1) is 0 Å². The number of carbonyl (C=O) groups excluding carboxylic acids is 1. The maximum absolute atomic E-state index is 13.3. The molecule has 192 valence electrons. The van der Waals surface area contributed by atoms with Gasteiger partial charge in [-0.3, -0.25) is 9.80 Å². The van der Waals surface area contributed by atoms with Gasteiger partial charge in [0.15, 0.2) is 0 Å². The largest absolute Gasteiger partial charge is 0.501 e. The van der Waals surface area contributed by atoms with Gasteiger partial charge < -0.3 is 19.1 Å². The molecule has 2 fully saturated rings. The Hall–Kier alpha value is -2.03. The highest BCUT2D eigenvalue weighted by Crippen LogP contribution is 2.55. The van der Waals surface area contributed by atoms with Gasteiger partial charge in [0, 0.05) is 29.8 Å². The third-order valence-corrected chi connectivity index (χ3v) is 7.01. The second-order valence-corrected chi connectivity index (χ2v) is 9.97. The number of nitrogens with zero attached hydrogens (tertiary/aromatic N) is 2. The van der Waals surface area contributed by atoms with E-state index >= 15 is 0 Å². The zero-order valence-electron chi connectivity index (χ0n) is 21.4. The molecule has 1 spiro atoms. The van der Waals surface area contributed by atoms with Crippen molar-refractivity contribution in [3.8, 4) is 0 Å². The predicted molar refractivity (Wildman–Crippen MR) is 139 cm³/mol. The number of epoxide rings is 1. The fourth-order valence-corrected chi connectivity index (χ4v) is 4.96. The zero-order chi connectivity index (χ0) is 26.1. The molecule has 0 saturated carbocycles. The van der Waals surface area contributed by atoms with Crippen molar-refractivity contribution < 1.29 is 19.0 Å². The summed E-state index contributed by atoms with van der Waals surface area (Å²) in [6, 6.07) is -0.224. The molecule has 0 bridgehead atoms. The molecule has 0 aromatic heterocycles. The van der Waals surface area contributed by atoms with Gasteiger partial charge >= 0.3 is 0 Å². The third kappa shape index (κ3) is 5.39. The van der Waals surface area contributed by atoms with Crippen LogP contribution in [0.15, 0.2) is 69.2 Å². The Kier molecular flexibility index (Phi) is 8.60. The number of ether oxygens (including phenoxy) is 3. The first kappa shape index (κ1) is 27.6. The number of allylic oxidation sites excluding steroid dienone is 6. The number of carbonyl (C=O) groups is 1. The average Bonchev–Trinajstić information content (AvgIpc) is 3.36. The molecular weight excluding hydrogens is 489 g/mol. The van der Waals surface area contributed by atoms with Crippen LogP contribution >= 0.6 is 23.2 Å². The van der Waals surface area contributed by atoms with Gasteiger partial charge in [-0.05, 0) is 58.4 Å². The van der Waals surface area contributed by atoms with Gasteiger partial charge in [0.25, 0.3) is 0 Å². The standard InChI is InChI=1S/C26H35Cl2N3O4/c1-9-21(28)23(10-15(2)27)31-26(19(6)35-26)25-18(5)30(24(32)13-22(25)29-31)14-20(11-16(3)33-7)12-17(4)34-8/h9-12,16,19,22,29H,1,13-14H2,2-8H3. The van der Waals surface area contributed by atoms with Crippen LogP contribution in [0.1, 0.15) is 41.0 Å². The molecule has 0 aromatic carbocycles. The molecular formula is C26H35Cl2N3O4. The summed E-state index contributed by atoms with van der Waals surface area (Å²) >= 11 is 12.8. The first-order valence-electron chi connectivity index (χ1n) is 11.6. The smallest absolute Gasteiger partial charge is 0.229 e. The van der Waals surface area contributed by atoms with Crippen molar-refractivity contribution >= 4 is 29.1 Å². The van der Waals surface area contributed by atoms with E-state index in [2.05, 4.69) is 12.0 Å². The number of hydrazine groups is 1. The van der Waals surface area contributed by atoms with Crippen LogP contribution in [0.5, 0.6) is 0 Å². The van der Waals surface area contributed by atoms with Crippen LogP contribution in [0.2, 0.25) is 0 Å². The number of fused-ring (bicyclic) bond motifs is 2. The van der Waals surface area contributed by atoms with Crippen LogP contribution in [-0.2, 0) is 19.0 Å². The van der Waals surface area contributed by atoms with Crippen molar-refractivity contribution in [1.29, 1.82) is 0 Å². The molecule has 1 N–H and O–H groups in total. The van der Waals surface area contributed by atoms with E-state index in [0.29, 0.717) is 22.3 Å². The highest BCUT2D eigenvalue weighted by Gasteiger charge is 2.69. The highest BCUT2D eigenvalue weighted by atomic mass is 35.5. The van der Waals surface area contributed by atoms with Gasteiger partial charge in [-0.25, -0.2) is 5.43 Å². The zero-order valence-corrected chi connectivity index (χ0v) is 23.0. The first-order valence-corrected chi connectivity index (χ1v) is 12.3. The van der Waals surface area contributed by atoms with Crippen molar-refractivity contribution in [2.24, 2.45) is 0 Å². The highest BCUT2D eigenvalue weighted by molar-refractivity contribution is 6.32. The van der Waals surface area contributed by atoms with Gasteiger partial charge in [-0.1, -0.05) is 35.9 Å². The van der Waals surface area contributed by atoms with Crippen molar-refractivity contribution in [3.63, 3.8) is 0 Å². The van der Waals surface area contributed by atoms with E-state index in [0.717, 1.165) is 22.6 Å². The Labute approximate surface area is 218 Å². The first-order chi connectivity index (χ1) is 16.5. The number of hydrogen-bond acceptors (Lipinski definition) is 6. The molecule has 2 saturated heterocycles. The van der Waals surface area contributed by atoms with E-state index < -0.39 is 5.72 Å². The second kappa shape index (κ2) is 10.9. The summed E-state index contributed by atoms with van der Waals surface area (Å²) in [7, 11) is 3.28. The molecule has 0 aliphatic carbocycles. The molecule has 4 unspecified atom stereocenters. The van der Waals surface area contributed by atoms with Crippen molar-refractivity contribution in [3.05, 3.63) is 69.2 Å². The molecule has 3 aliphatic rings. The van der Waals surface area contributed by atoms with Gasteiger partial charge in [-0.2, -0.15) is 0 Å². The summed E-state index contributed by atoms with van der Waals surface area (Å²) < 4.78 is 17.0. The summed E-state index contributed by atoms with van der Waals surface area (Å²) in [5.74, 6) is 0.756. The Morgan fingerprint density at radius 3 is 2.51 bits per heavy atom. The van der Waals surface area contributed by atoms with Crippen LogP contribution in [0, 0.1) is 0 Å².